The fraction of sp³-hybridized carbons (Fsp3) is 0.824. The van der Waals surface area contributed by atoms with Crippen molar-refractivity contribution in [3.05, 3.63) is 0 Å². The Morgan fingerprint density at radius 3 is 2.15 bits per heavy atom. The smallest absolute Gasteiger partial charge is 0.326 e. The first-order valence-electron chi connectivity index (χ1n) is 9.01. The standard InChI is InChI=1S/C17H34N4O4S/c1-11(2)10-12(19)15(22)20-13(6-4-5-8-18)16(23)21-14(17(24)25)7-9-26-3/h11-14H,4-10,18-19H2,1-3H3,(H,20,22)(H,21,23)(H,24,25). The van der Waals surface area contributed by atoms with Gasteiger partial charge in [-0.3, -0.25) is 9.59 Å². The summed E-state index contributed by atoms with van der Waals surface area (Å²) in [5.41, 5.74) is 11.4. The molecule has 152 valence electrons. The molecule has 0 aromatic rings. The van der Waals surface area contributed by atoms with Crippen LogP contribution in [0.4, 0.5) is 0 Å². The van der Waals surface area contributed by atoms with Gasteiger partial charge < -0.3 is 27.2 Å². The van der Waals surface area contributed by atoms with Gasteiger partial charge in [0.05, 0.1) is 6.04 Å². The molecule has 0 aliphatic carbocycles. The summed E-state index contributed by atoms with van der Waals surface area (Å²) in [4.78, 5) is 36.1. The molecule has 0 saturated carbocycles. The summed E-state index contributed by atoms with van der Waals surface area (Å²) < 4.78 is 0. The van der Waals surface area contributed by atoms with Crippen LogP contribution in [0.1, 0.15) is 46.0 Å². The number of carboxylic acid groups (broad SMARTS) is 1. The van der Waals surface area contributed by atoms with Crippen LogP contribution in [0.3, 0.4) is 0 Å². The van der Waals surface area contributed by atoms with Crippen LogP contribution in [-0.2, 0) is 14.4 Å². The van der Waals surface area contributed by atoms with Crippen LogP contribution in [0.15, 0.2) is 0 Å². The van der Waals surface area contributed by atoms with Crippen molar-refractivity contribution >= 4 is 29.5 Å². The molecule has 2 amide bonds. The quantitative estimate of drug-likeness (QED) is 0.268. The monoisotopic (exact) mass is 390 g/mol. The van der Waals surface area contributed by atoms with Crippen molar-refractivity contribution < 1.29 is 19.5 Å². The van der Waals surface area contributed by atoms with E-state index in [0.29, 0.717) is 44.4 Å². The molecular weight excluding hydrogens is 356 g/mol. The molecule has 0 rings (SSSR count). The van der Waals surface area contributed by atoms with Crippen molar-refractivity contribution in [3.63, 3.8) is 0 Å². The van der Waals surface area contributed by atoms with Crippen molar-refractivity contribution in [1.82, 2.24) is 10.6 Å². The van der Waals surface area contributed by atoms with Gasteiger partial charge in [-0.2, -0.15) is 11.8 Å². The van der Waals surface area contributed by atoms with Crippen LogP contribution in [0.25, 0.3) is 0 Å². The third-order valence-electron chi connectivity index (χ3n) is 3.87. The number of hydrogen-bond acceptors (Lipinski definition) is 6. The maximum Gasteiger partial charge on any atom is 0.326 e. The number of thioether (sulfide) groups is 1. The Kier molecular flexibility index (Phi) is 13.1. The molecule has 0 fully saturated rings. The van der Waals surface area contributed by atoms with Crippen LogP contribution in [-0.4, -0.2) is 59.6 Å². The largest absolute Gasteiger partial charge is 0.480 e. The average molecular weight is 391 g/mol. The fourth-order valence-electron chi connectivity index (χ4n) is 2.42. The van der Waals surface area contributed by atoms with E-state index in [2.05, 4.69) is 10.6 Å². The van der Waals surface area contributed by atoms with Crippen molar-refractivity contribution in [2.45, 2.75) is 64.1 Å². The van der Waals surface area contributed by atoms with Gasteiger partial charge in [-0.1, -0.05) is 13.8 Å². The number of carbonyl (C=O) groups excluding carboxylic acids is 2. The highest BCUT2D eigenvalue weighted by Gasteiger charge is 2.27. The molecule has 0 radical (unpaired) electrons. The van der Waals surface area contributed by atoms with Gasteiger partial charge in [-0.15, -0.1) is 0 Å². The molecule has 3 atom stereocenters. The second-order valence-corrected chi connectivity index (χ2v) is 7.75. The van der Waals surface area contributed by atoms with Gasteiger partial charge in [0, 0.05) is 0 Å². The number of unbranched alkanes of at least 4 members (excludes halogenated alkanes) is 1. The molecule has 0 aromatic carbocycles. The van der Waals surface area contributed by atoms with E-state index in [1.54, 1.807) is 0 Å². The van der Waals surface area contributed by atoms with Gasteiger partial charge in [0.2, 0.25) is 11.8 Å². The van der Waals surface area contributed by atoms with Crippen LogP contribution in [0.5, 0.6) is 0 Å². The van der Waals surface area contributed by atoms with Crippen molar-refractivity contribution in [2.24, 2.45) is 17.4 Å². The molecule has 3 unspecified atom stereocenters. The van der Waals surface area contributed by atoms with Gasteiger partial charge >= 0.3 is 5.97 Å². The molecule has 26 heavy (non-hydrogen) atoms. The number of nitrogens with two attached hydrogens (primary N) is 2. The summed E-state index contributed by atoms with van der Waals surface area (Å²) in [7, 11) is 0. The average Bonchev–Trinajstić information content (AvgIpc) is 2.56. The molecule has 0 bridgehead atoms. The first kappa shape index (κ1) is 24.7. The van der Waals surface area contributed by atoms with Gasteiger partial charge in [-0.25, -0.2) is 4.79 Å². The third-order valence-corrected chi connectivity index (χ3v) is 4.51. The Morgan fingerprint density at radius 2 is 1.65 bits per heavy atom. The fourth-order valence-corrected chi connectivity index (χ4v) is 2.89. The molecule has 0 spiro atoms. The van der Waals surface area contributed by atoms with Crippen molar-refractivity contribution in [3.8, 4) is 0 Å². The minimum atomic E-state index is -1.09. The zero-order valence-corrected chi connectivity index (χ0v) is 16.8. The Labute approximate surface area is 160 Å². The van der Waals surface area contributed by atoms with Gasteiger partial charge in [0.1, 0.15) is 12.1 Å². The van der Waals surface area contributed by atoms with E-state index in [-0.39, 0.29) is 5.92 Å². The summed E-state index contributed by atoms with van der Waals surface area (Å²) in [5, 5.41) is 14.5. The highest BCUT2D eigenvalue weighted by atomic mass is 32.2. The Morgan fingerprint density at radius 1 is 1.04 bits per heavy atom. The Hall–Kier alpha value is -1.32. The topological polar surface area (TPSA) is 148 Å². The first-order chi connectivity index (χ1) is 12.2. The van der Waals surface area contributed by atoms with Crippen LogP contribution in [0.2, 0.25) is 0 Å². The predicted molar refractivity (Wildman–Crippen MR) is 105 cm³/mol. The first-order valence-corrected chi connectivity index (χ1v) is 10.4. The van der Waals surface area contributed by atoms with Crippen LogP contribution < -0.4 is 22.1 Å². The predicted octanol–water partition coefficient (Wildman–Crippen LogP) is 0.296. The van der Waals surface area contributed by atoms with E-state index in [1.807, 2.05) is 20.1 Å². The molecular formula is C17H34N4O4S. The lowest BCUT2D eigenvalue weighted by Crippen LogP contribution is -2.54. The minimum Gasteiger partial charge on any atom is -0.480 e. The molecule has 8 nitrogen and oxygen atoms in total. The van der Waals surface area contributed by atoms with Gasteiger partial charge in [0.15, 0.2) is 0 Å². The normalized spacial score (nSPS) is 14.5. The summed E-state index contributed by atoms with van der Waals surface area (Å²) in [6, 6.07) is -2.50. The molecule has 9 heteroatoms. The number of aliphatic carboxylic acids is 1. The third kappa shape index (κ3) is 10.6. The lowest BCUT2D eigenvalue weighted by Gasteiger charge is -2.23. The van der Waals surface area contributed by atoms with Crippen molar-refractivity contribution in [2.75, 3.05) is 18.6 Å². The number of rotatable bonds is 14. The van der Waals surface area contributed by atoms with E-state index in [4.69, 9.17) is 11.5 Å². The summed E-state index contributed by atoms with van der Waals surface area (Å²) >= 11 is 1.51. The highest BCUT2D eigenvalue weighted by Crippen LogP contribution is 2.07. The molecule has 0 heterocycles. The minimum absolute atomic E-state index is 0.253. The summed E-state index contributed by atoms with van der Waals surface area (Å²) in [6.45, 7) is 4.41. The van der Waals surface area contributed by atoms with E-state index in [0.717, 1.165) is 0 Å². The summed E-state index contributed by atoms with van der Waals surface area (Å²) in [6.07, 6.45) is 4.45. The number of carbonyl (C=O) groups is 3. The lowest BCUT2D eigenvalue weighted by molar-refractivity contribution is -0.142. The molecule has 0 aromatic heterocycles. The molecule has 0 aliphatic rings. The zero-order chi connectivity index (χ0) is 20.1. The second-order valence-electron chi connectivity index (χ2n) is 6.76. The molecule has 0 aliphatic heterocycles. The Bertz CT molecular complexity index is 448. The SMILES string of the molecule is CSCCC(NC(=O)C(CCCCN)NC(=O)C(N)CC(C)C)C(=O)O. The molecule has 7 N–H and O–H groups in total. The van der Waals surface area contributed by atoms with Gasteiger partial charge in [0.25, 0.3) is 0 Å². The lowest BCUT2D eigenvalue weighted by atomic mass is 10.0. The number of nitrogens with one attached hydrogen (secondary N) is 2. The van der Waals surface area contributed by atoms with Crippen LogP contribution >= 0.6 is 11.8 Å². The maximum atomic E-state index is 12.5. The number of hydrogen-bond donors (Lipinski definition) is 5. The van der Waals surface area contributed by atoms with E-state index < -0.39 is 35.9 Å². The number of amides is 2. The Balaban J connectivity index is 4.94. The van der Waals surface area contributed by atoms with E-state index >= 15 is 0 Å². The number of carboxylic acids is 1. The maximum absolute atomic E-state index is 12.5. The second kappa shape index (κ2) is 13.8. The van der Waals surface area contributed by atoms with Crippen molar-refractivity contribution in [1.29, 1.82) is 0 Å². The van der Waals surface area contributed by atoms with E-state index in [9.17, 15) is 19.5 Å². The highest BCUT2D eigenvalue weighted by molar-refractivity contribution is 7.98. The zero-order valence-electron chi connectivity index (χ0n) is 16.0. The summed E-state index contributed by atoms with van der Waals surface area (Å²) in [5.74, 6) is -1.12. The molecule has 0 saturated heterocycles. The van der Waals surface area contributed by atoms with Gasteiger partial charge in [-0.05, 0) is 56.6 Å². The van der Waals surface area contributed by atoms with Crippen LogP contribution in [0, 0.1) is 5.92 Å². The van der Waals surface area contributed by atoms with E-state index in [1.165, 1.54) is 11.8 Å².